The quantitative estimate of drug-likeness (QED) is 0.515. The summed E-state index contributed by atoms with van der Waals surface area (Å²) in [5.74, 6) is -1.02. The second-order valence-electron chi connectivity index (χ2n) is 5.19. The van der Waals surface area contributed by atoms with Crippen molar-refractivity contribution in [3.05, 3.63) is 56.7 Å². The Balaban J connectivity index is 1.83. The standard InChI is InChI=1S/C18H17BrN2O4S/c1-25-18(24)11-20-17(23)10-12-2-4-13(5-3-12)21-16(22)9-7-14-6-8-15(19)26-14/h2-9H,10-11H2,1H3,(H,20,23)(H,21,22)/b9-7+. The SMILES string of the molecule is COC(=O)CNC(=O)Cc1ccc(NC(=O)/C=C/c2ccc(Br)s2)cc1. The summed E-state index contributed by atoms with van der Waals surface area (Å²) in [4.78, 5) is 35.6. The van der Waals surface area contributed by atoms with Crippen LogP contribution in [0.5, 0.6) is 0 Å². The van der Waals surface area contributed by atoms with E-state index in [1.165, 1.54) is 24.5 Å². The predicted molar refractivity (Wildman–Crippen MR) is 105 cm³/mol. The van der Waals surface area contributed by atoms with Crippen molar-refractivity contribution in [1.29, 1.82) is 0 Å². The zero-order chi connectivity index (χ0) is 18.9. The van der Waals surface area contributed by atoms with Crippen LogP contribution in [0.25, 0.3) is 6.08 Å². The summed E-state index contributed by atoms with van der Waals surface area (Å²) in [5.41, 5.74) is 1.40. The van der Waals surface area contributed by atoms with Crippen molar-refractivity contribution < 1.29 is 19.1 Å². The van der Waals surface area contributed by atoms with Gasteiger partial charge in [-0.15, -0.1) is 11.3 Å². The highest BCUT2D eigenvalue weighted by Crippen LogP contribution is 2.23. The number of anilines is 1. The molecule has 2 amide bonds. The number of esters is 1. The number of hydrogen-bond donors (Lipinski definition) is 2. The van der Waals surface area contributed by atoms with Crippen LogP contribution in [0.4, 0.5) is 5.69 Å². The highest BCUT2D eigenvalue weighted by molar-refractivity contribution is 9.11. The molecule has 1 aromatic carbocycles. The van der Waals surface area contributed by atoms with Crippen molar-refractivity contribution in [3.63, 3.8) is 0 Å². The molecule has 0 spiro atoms. The lowest BCUT2D eigenvalue weighted by Gasteiger charge is -2.06. The van der Waals surface area contributed by atoms with E-state index in [1.54, 1.807) is 30.3 Å². The van der Waals surface area contributed by atoms with Crippen molar-refractivity contribution in [1.82, 2.24) is 5.32 Å². The van der Waals surface area contributed by atoms with E-state index >= 15 is 0 Å². The van der Waals surface area contributed by atoms with E-state index in [2.05, 4.69) is 31.3 Å². The minimum absolute atomic E-state index is 0.137. The van der Waals surface area contributed by atoms with Crippen LogP contribution in [0.3, 0.4) is 0 Å². The van der Waals surface area contributed by atoms with Crippen LogP contribution in [0.2, 0.25) is 0 Å². The van der Waals surface area contributed by atoms with Gasteiger partial charge in [-0.3, -0.25) is 14.4 Å². The molecule has 0 unspecified atom stereocenters. The number of rotatable bonds is 7. The van der Waals surface area contributed by atoms with Gasteiger partial charge in [0.05, 0.1) is 17.3 Å². The third-order valence-electron chi connectivity index (χ3n) is 3.24. The van der Waals surface area contributed by atoms with Gasteiger partial charge in [0.1, 0.15) is 6.54 Å². The Morgan fingerprint density at radius 3 is 2.50 bits per heavy atom. The van der Waals surface area contributed by atoms with Crippen LogP contribution in [-0.4, -0.2) is 31.4 Å². The smallest absolute Gasteiger partial charge is 0.325 e. The number of thiophene rings is 1. The second-order valence-corrected chi connectivity index (χ2v) is 7.69. The zero-order valence-electron chi connectivity index (χ0n) is 14.0. The number of carbonyl (C=O) groups excluding carboxylic acids is 3. The first-order chi connectivity index (χ1) is 12.5. The van der Waals surface area contributed by atoms with E-state index in [9.17, 15) is 14.4 Å². The van der Waals surface area contributed by atoms with Gasteiger partial charge < -0.3 is 15.4 Å². The minimum Gasteiger partial charge on any atom is -0.468 e. The molecule has 1 heterocycles. The van der Waals surface area contributed by atoms with Gasteiger partial charge in [0.25, 0.3) is 0 Å². The van der Waals surface area contributed by atoms with Crippen LogP contribution in [0.15, 0.2) is 46.3 Å². The molecule has 2 rings (SSSR count). The molecule has 136 valence electrons. The fourth-order valence-electron chi connectivity index (χ4n) is 1.96. The first-order valence-corrected chi connectivity index (χ1v) is 9.24. The van der Waals surface area contributed by atoms with Gasteiger partial charge in [-0.25, -0.2) is 0 Å². The molecule has 0 saturated carbocycles. The number of halogens is 1. The normalized spacial score (nSPS) is 10.5. The summed E-state index contributed by atoms with van der Waals surface area (Å²) in [6.45, 7) is -0.156. The molecule has 0 radical (unpaired) electrons. The van der Waals surface area contributed by atoms with E-state index in [0.717, 1.165) is 14.2 Å². The predicted octanol–water partition coefficient (Wildman–Crippen LogP) is 2.99. The second kappa shape index (κ2) is 9.88. The van der Waals surface area contributed by atoms with Crippen molar-refractivity contribution in [2.75, 3.05) is 19.0 Å². The summed E-state index contributed by atoms with van der Waals surface area (Å²) < 4.78 is 5.46. The Hall–Kier alpha value is -2.45. The molecule has 8 heteroatoms. The molecule has 0 aliphatic heterocycles. The van der Waals surface area contributed by atoms with Gasteiger partial charge in [-0.1, -0.05) is 12.1 Å². The van der Waals surface area contributed by atoms with E-state index in [-0.39, 0.29) is 24.8 Å². The third-order valence-corrected chi connectivity index (χ3v) is 4.83. The molecular weight excluding hydrogens is 420 g/mol. The lowest BCUT2D eigenvalue weighted by atomic mass is 10.1. The average Bonchev–Trinajstić information content (AvgIpc) is 3.05. The molecule has 0 atom stereocenters. The lowest BCUT2D eigenvalue weighted by molar-refractivity contribution is -0.141. The first kappa shape index (κ1) is 19.9. The Labute approximate surface area is 163 Å². The number of nitrogens with one attached hydrogen (secondary N) is 2. The van der Waals surface area contributed by atoms with Gasteiger partial charge in [0.2, 0.25) is 11.8 Å². The molecule has 1 aromatic heterocycles. The summed E-state index contributed by atoms with van der Waals surface area (Å²) in [5, 5.41) is 5.22. The van der Waals surface area contributed by atoms with Gasteiger partial charge in [0, 0.05) is 16.6 Å². The fraction of sp³-hybridized carbons (Fsp3) is 0.167. The van der Waals surface area contributed by atoms with Crippen molar-refractivity contribution >= 4 is 56.8 Å². The molecule has 6 nitrogen and oxygen atoms in total. The molecule has 0 fully saturated rings. The summed E-state index contributed by atoms with van der Waals surface area (Å²) in [7, 11) is 1.26. The van der Waals surface area contributed by atoms with Gasteiger partial charge in [0.15, 0.2) is 0 Å². The molecule has 2 N–H and O–H groups in total. The van der Waals surface area contributed by atoms with Crippen molar-refractivity contribution in [2.45, 2.75) is 6.42 Å². The topological polar surface area (TPSA) is 84.5 Å². The largest absolute Gasteiger partial charge is 0.468 e. The van der Waals surface area contributed by atoms with Crippen LogP contribution in [-0.2, 0) is 25.5 Å². The average molecular weight is 437 g/mol. The molecule has 0 saturated heterocycles. The van der Waals surface area contributed by atoms with Crippen molar-refractivity contribution in [3.8, 4) is 0 Å². The number of ether oxygens (including phenoxy) is 1. The molecule has 26 heavy (non-hydrogen) atoms. The molecule has 0 aliphatic rings. The number of benzene rings is 1. The number of carbonyl (C=O) groups is 3. The van der Waals surface area contributed by atoms with E-state index in [4.69, 9.17) is 0 Å². The third kappa shape index (κ3) is 6.81. The maximum Gasteiger partial charge on any atom is 0.325 e. The monoisotopic (exact) mass is 436 g/mol. The molecule has 2 aromatic rings. The maximum atomic E-state index is 11.9. The summed E-state index contributed by atoms with van der Waals surface area (Å²) in [6.07, 6.45) is 3.34. The Kier molecular flexibility index (Phi) is 7.55. The molecule has 0 bridgehead atoms. The van der Waals surface area contributed by atoms with E-state index < -0.39 is 5.97 Å². The van der Waals surface area contributed by atoms with Crippen LogP contribution in [0.1, 0.15) is 10.4 Å². The summed E-state index contributed by atoms with van der Waals surface area (Å²) >= 11 is 4.90. The Morgan fingerprint density at radius 2 is 1.88 bits per heavy atom. The first-order valence-electron chi connectivity index (χ1n) is 7.63. The molecular formula is C18H17BrN2O4S. The van der Waals surface area contributed by atoms with E-state index in [0.29, 0.717) is 5.69 Å². The van der Waals surface area contributed by atoms with Crippen LogP contribution < -0.4 is 10.6 Å². The Morgan fingerprint density at radius 1 is 1.15 bits per heavy atom. The highest BCUT2D eigenvalue weighted by Gasteiger charge is 2.07. The fourth-order valence-corrected chi connectivity index (χ4v) is 3.28. The van der Waals surface area contributed by atoms with Crippen LogP contribution >= 0.6 is 27.3 Å². The number of amides is 2. The zero-order valence-corrected chi connectivity index (χ0v) is 16.4. The van der Waals surface area contributed by atoms with Crippen LogP contribution in [0, 0.1) is 0 Å². The van der Waals surface area contributed by atoms with Crippen molar-refractivity contribution in [2.24, 2.45) is 0 Å². The number of hydrogen-bond acceptors (Lipinski definition) is 5. The summed E-state index contributed by atoms with van der Waals surface area (Å²) in [6, 6.07) is 10.8. The lowest BCUT2D eigenvalue weighted by Crippen LogP contribution is -2.31. The maximum absolute atomic E-state index is 11.9. The number of methoxy groups -OCH3 is 1. The van der Waals surface area contributed by atoms with Gasteiger partial charge >= 0.3 is 5.97 Å². The molecule has 0 aliphatic carbocycles. The van der Waals surface area contributed by atoms with E-state index in [1.807, 2.05) is 12.1 Å². The highest BCUT2D eigenvalue weighted by atomic mass is 79.9. The van der Waals surface area contributed by atoms with Gasteiger partial charge in [-0.05, 0) is 51.8 Å². The van der Waals surface area contributed by atoms with Gasteiger partial charge in [-0.2, -0.15) is 0 Å². The minimum atomic E-state index is -0.501. The Bertz CT molecular complexity index is 815.